The molecule has 0 radical (unpaired) electrons. The Morgan fingerprint density at radius 2 is 1.92 bits per heavy atom. The van der Waals surface area contributed by atoms with Gasteiger partial charge in [0, 0.05) is 11.8 Å². The van der Waals surface area contributed by atoms with Gasteiger partial charge in [0.05, 0.1) is 13.1 Å². The van der Waals surface area contributed by atoms with Gasteiger partial charge in [-0.25, -0.2) is 9.18 Å². The molecule has 3 rings (SSSR count). The van der Waals surface area contributed by atoms with Crippen LogP contribution in [-0.4, -0.2) is 27.9 Å². The number of aliphatic imine (C=N–C) groups is 1. The highest BCUT2D eigenvalue weighted by Crippen LogP contribution is 2.24. The molecule has 1 aliphatic rings. The van der Waals surface area contributed by atoms with Crippen LogP contribution in [0.1, 0.15) is 18.1 Å². The maximum absolute atomic E-state index is 13.1. The molecule has 0 spiro atoms. The Morgan fingerprint density at radius 1 is 1.20 bits per heavy atom. The van der Waals surface area contributed by atoms with Gasteiger partial charge in [0.25, 0.3) is 0 Å². The summed E-state index contributed by atoms with van der Waals surface area (Å²) < 4.78 is 13.1. The minimum atomic E-state index is -0.287. The van der Waals surface area contributed by atoms with Crippen molar-refractivity contribution >= 4 is 23.0 Å². The van der Waals surface area contributed by atoms with E-state index >= 15 is 0 Å². The molecule has 0 fully saturated rings. The normalized spacial score (nSPS) is 16.4. The molecule has 0 aliphatic carbocycles. The molecule has 130 valence electrons. The van der Waals surface area contributed by atoms with Crippen LogP contribution < -0.4 is 5.32 Å². The highest BCUT2D eigenvalue weighted by molar-refractivity contribution is 8.14. The summed E-state index contributed by atoms with van der Waals surface area (Å²) in [4.78, 5) is 18.8. The van der Waals surface area contributed by atoms with Gasteiger partial charge in [0.1, 0.15) is 5.82 Å². The number of hydrogen-bond donors (Lipinski definition) is 1. The molecule has 1 aliphatic heterocycles. The second kappa shape index (κ2) is 8.16. The van der Waals surface area contributed by atoms with E-state index in [-0.39, 0.29) is 11.8 Å². The quantitative estimate of drug-likeness (QED) is 0.898. The van der Waals surface area contributed by atoms with Crippen molar-refractivity contribution in [2.75, 3.05) is 6.54 Å². The molecule has 1 heterocycles. The first kappa shape index (κ1) is 17.5. The molecule has 2 amide bonds. The molecular weight excluding hydrogens is 337 g/mol. The molecule has 1 atom stereocenters. The first-order valence-electron chi connectivity index (χ1n) is 8.16. The SMILES string of the molecule is CC1CN=C(N(Cc2ccc(F)cc2)C(=O)NCc2ccccc2)S1. The fourth-order valence-corrected chi connectivity index (χ4v) is 3.41. The van der Waals surface area contributed by atoms with Crippen LogP contribution in [-0.2, 0) is 13.1 Å². The van der Waals surface area contributed by atoms with Crippen molar-refractivity contribution in [3.05, 3.63) is 71.5 Å². The number of nitrogens with zero attached hydrogens (tertiary/aromatic N) is 2. The third-order valence-electron chi connectivity index (χ3n) is 3.81. The highest BCUT2D eigenvalue weighted by Gasteiger charge is 2.25. The van der Waals surface area contributed by atoms with Crippen LogP contribution in [0.3, 0.4) is 0 Å². The fourth-order valence-electron chi connectivity index (χ4n) is 2.48. The zero-order valence-corrected chi connectivity index (χ0v) is 14.8. The van der Waals surface area contributed by atoms with Crippen molar-refractivity contribution in [2.24, 2.45) is 4.99 Å². The summed E-state index contributed by atoms with van der Waals surface area (Å²) in [6, 6.07) is 15.7. The number of halogens is 1. The average molecular weight is 357 g/mol. The molecule has 0 bridgehead atoms. The van der Waals surface area contributed by atoms with E-state index in [1.165, 1.54) is 12.1 Å². The Morgan fingerprint density at radius 3 is 2.56 bits per heavy atom. The van der Waals surface area contributed by atoms with Crippen molar-refractivity contribution in [2.45, 2.75) is 25.3 Å². The Balaban J connectivity index is 1.71. The van der Waals surface area contributed by atoms with Crippen LogP contribution in [0.25, 0.3) is 0 Å². The van der Waals surface area contributed by atoms with E-state index in [2.05, 4.69) is 17.2 Å². The number of carbonyl (C=O) groups excluding carboxylic acids is 1. The monoisotopic (exact) mass is 357 g/mol. The lowest BCUT2D eigenvalue weighted by atomic mass is 10.2. The van der Waals surface area contributed by atoms with E-state index in [4.69, 9.17) is 0 Å². The van der Waals surface area contributed by atoms with Crippen LogP contribution in [0.2, 0.25) is 0 Å². The molecule has 0 saturated heterocycles. The maximum atomic E-state index is 13.1. The summed E-state index contributed by atoms with van der Waals surface area (Å²) >= 11 is 1.59. The van der Waals surface area contributed by atoms with Gasteiger partial charge >= 0.3 is 6.03 Å². The smallest absolute Gasteiger partial charge is 0.324 e. The van der Waals surface area contributed by atoms with Crippen LogP contribution in [0.5, 0.6) is 0 Å². The van der Waals surface area contributed by atoms with E-state index < -0.39 is 0 Å². The Labute approximate surface area is 151 Å². The summed E-state index contributed by atoms with van der Waals surface area (Å²) in [7, 11) is 0. The van der Waals surface area contributed by atoms with Gasteiger partial charge in [-0.15, -0.1) is 0 Å². The largest absolute Gasteiger partial charge is 0.334 e. The number of urea groups is 1. The van der Waals surface area contributed by atoms with Crippen LogP contribution in [0, 0.1) is 5.82 Å². The van der Waals surface area contributed by atoms with Crippen molar-refractivity contribution in [3.8, 4) is 0 Å². The first-order valence-corrected chi connectivity index (χ1v) is 9.04. The predicted molar refractivity (Wildman–Crippen MR) is 100.0 cm³/mol. The van der Waals surface area contributed by atoms with Crippen molar-refractivity contribution < 1.29 is 9.18 Å². The molecule has 4 nitrogen and oxygen atoms in total. The lowest BCUT2D eigenvalue weighted by molar-refractivity contribution is 0.219. The molecule has 6 heteroatoms. The van der Waals surface area contributed by atoms with Gasteiger partial charge in [0.15, 0.2) is 5.17 Å². The predicted octanol–water partition coefficient (Wildman–Crippen LogP) is 4.03. The van der Waals surface area contributed by atoms with Crippen molar-refractivity contribution in [3.63, 3.8) is 0 Å². The lowest BCUT2D eigenvalue weighted by Gasteiger charge is -2.23. The summed E-state index contributed by atoms with van der Waals surface area (Å²) in [5, 5.41) is 4.01. The summed E-state index contributed by atoms with van der Waals surface area (Å²) in [5.41, 5.74) is 1.89. The van der Waals surface area contributed by atoms with Crippen molar-refractivity contribution in [1.29, 1.82) is 0 Å². The third kappa shape index (κ3) is 4.82. The number of amides is 2. The zero-order valence-electron chi connectivity index (χ0n) is 14.0. The van der Waals surface area contributed by atoms with E-state index in [1.807, 2.05) is 30.3 Å². The second-order valence-corrected chi connectivity index (χ2v) is 7.31. The van der Waals surface area contributed by atoms with E-state index in [9.17, 15) is 9.18 Å². The van der Waals surface area contributed by atoms with Gasteiger partial charge in [-0.3, -0.25) is 9.89 Å². The van der Waals surface area contributed by atoms with Gasteiger partial charge in [-0.1, -0.05) is 61.2 Å². The number of nitrogens with one attached hydrogen (secondary N) is 1. The van der Waals surface area contributed by atoms with E-state index in [0.717, 1.165) is 11.1 Å². The summed E-state index contributed by atoms with van der Waals surface area (Å²) in [6.45, 7) is 3.59. The third-order valence-corrected chi connectivity index (χ3v) is 4.92. The number of hydrogen-bond acceptors (Lipinski definition) is 3. The molecule has 0 saturated carbocycles. The number of amidine groups is 1. The molecule has 2 aromatic carbocycles. The number of carbonyl (C=O) groups is 1. The Bertz CT molecular complexity index is 749. The Kier molecular flexibility index (Phi) is 5.71. The van der Waals surface area contributed by atoms with Crippen LogP contribution in [0.4, 0.5) is 9.18 Å². The molecule has 1 N–H and O–H groups in total. The highest BCUT2D eigenvalue weighted by atomic mass is 32.2. The number of thioether (sulfide) groups is 1. The number of rotatable bonds is 4. The standard InChI is InChI=1S/C19H20FN3OS/c1-14-11-22-19(25-14)23(13-16-7-9-17(20)10-8-16)18(24)21-12-15-5-3-2-4-6-15/h2-10,14H,11-13H2,1H3,(H,21,24). The topological polar surface area (TPSA) is 44.7 Å². The maximum Gasteiger partial charge on any atom is 0.324 e. The Hall–Kier alpha value is -2.34. The number of benzene rings is 2. The molecule has 2 aromatic rings. The second-order valence-electron chi connectivity index (χ2n) is 5.91. The molecular formula is C19H20FN3OS. The van der Waals surface area contributed by atoms with Gasteiger partial charge < -0.3 is 5.32 Å². The van der Waals surface area contributed by atoms with Gasteiger partial charge in [-0.2, -0.15) is 0 Å². The average Bonchev–Trinajstić information content (AvgIpc) is 3.06. The summed E-state index contributed by atoms with van der Waals surface area (Å²) in [5.74, 6) is -0.287. The van der Waals surface area contributed by atoms with E-state index in [0.29, 0.717) is 30.1 Å². The fraction of sp³-hybridized carbons (Fsp3) is 0.263. The molecule has 0 aromatic heterocycles. The zero-order chi connectivity index (χ0) is 17.6. The van der Waals surface area contributed by atoms with Crippen LogP contribution >= 0.6 is 11.8 Å². The van der Waals surface area contributed by atoms with Gasteiger partial charge in [0.2, 0.25) is 0 Å². The minimum Gasteiger partial charge on any atom is -0.334 e. The molecule has 1 unspecified atom stereocenters. The van der Waals surface area contributed by atoms with Crippen LogP contribution in [0.15, 0.2) is 59.6 Å². The molecule has 25 heavy (non-hydrogen) atoms. The lowest BCUT2D eigenvalue weighted by Crippen LogP contribution is -2.41. The minimum absolute atomic E-state index is 0.200. The van der Waals surface area contributed by atoms with E-state index in [1.54, 1.807) is 28.8 Å². The van der Waals surface area contributed by atoms with Crippen molar-refractivity contribution in [1.82, 2.24) is 10.2 Å². The van der Waals surface area contributed by atoms with Gasteiger partial charge in [-0.05, 0) is 23.3 Å². The summed E-state index contributed by atoms with van der Waals surface area (Å²) in [6.07, 6.45) is 0. The first-order chi connectivity index (χ1) is 12.1.